The molecule has 0 aromatic heterocycles. The van der Waals surface area contributed by atoms with Crippen molar-refractivity contribution in [2.45, 2.75) is 20.3 Å². The zero-order chi connectivity index (χ0) is 7.49. The van der Waals surface area contributed by atoms with E-state index in [-0.39, 0.29) is 5.91 Å². The highest BCUT2D eigenvalue weighted by atomic mass is 32.1. The Labute approximate surface area is 61.2 Å². The molecule has 3 heteroatoms. The minimum Gasteiger partial charge on any atom is -0.369 e. The van der Waals surface area contributed by atoms with Crippen LogP contribution in [0.15, 0.2) is 0 Å². The van der Waals surface area contributed by atoms with E-state index in [1.54, 1.807) is 0 Å². The van der Waals surface area contributed by atoms with Gasteiger partial charge in [-0.15, -0.1) is 0 Å². The fraction of sp³-hybridized carbons (Fsp3) is 0.833. The lowest BCUT2D eigenvalue weighted by molar-refractivity contribution is -0.125. The molecule has 2 nitrogen and oxygen atoms in total. The van der Waals surface area contributed by atoms with Gasteiger partial charge in [0, 0.05) is 5.75 Å². The molecule has 0 saturated heterocycles. The third-order valence-electron chi connectivity index (χ3n) is 1.72. The molecule has 0 fully saturated rings. The highest BCUT2D eigenvalue weighted by Crippen LogP contribution is 2.21. The molecular weight excluding hydrogens is 134 g/mol. The first-order valence-electron chi connectivity index (χ1n) is 2.97. The molecule has 1 amide bonds. The number of hydrogen-bond acceptors (Lipinski definition) is 2. The third kappa shape index (κ3) is 1.90. The van der Waals surface area contributed by atoms with E-state index in [9.17, 15) is 4.79 Å². The average molecular weight is 147 g/mol. The van der Waals surface area contributed by atoms with E-state index >= 15 is 0 Å². The molecule has 0 aliphatic rings. The van der Waals surface area contributed by atoms with Gasteiger partial charge in [-0.2, -0.15) is 12.6 Å². The highest BCUT2D eigenvalue weighted by molar-refractivity contribution is 7.80. The smallest absolute Gasteiger partial charge is 0.224 e. The Morgan fingerprint density at radius 1 is 1.78 bits per heavy atom. The van der Waals surface area contributed by atoms with Crippen molar-refractivity contribution in [2.75, 3.05) is 5.75 Å². The van der Waals surface area contributed by atoms with E-state index in [2.05, 4.69) is 12.6 Å². The van der Waals surface area contributed by atoms with Gasteiger partial charge < -0.3 is 5.73 Å². The maximum atomic E-state index is 10.7. The van der Waals surface area contributed by atoms with Crippen LogP contribution < -0.4 is 5.73 Å². The first-order valence-corrected chi connectivity index (χ1v) is 3.61. The van der Waals surface area contributed by atoms with Crippen LogP contribution >= 0.6 is 12.6 Å². The van der Waals surface area contributed by atoms with Gasteiger partial charge in [-0.1, -0.05) is 6.92 Å². The van der Waals surface area contributed by atoms with Crippen LogP contribution in [0.1, 0.15) is 20.3 Å². The van der Waals surface area contributed by atoms with E-state index in [0.29, 0.717) is 5.75 Å². The van der Waals surface area contributed by atoms with Crippen molar-refractivity contribution in [3.8, 4) is 0 Å². The number of nitrogens with two attached hydrogens (primary N) is 1. The van der Waals surface area contributed by atoms with Crippen molar-refractivity contribution < 1.29 is 4.79 Å². The van der Waals surface area contributed by atoms with E-state index in [0.717, 1.165) is 6.42 Å². The minimum atomic E-state index is -0.414. The van der Waals surface area contributed by atoms with Crippen LogP contribution in [0, 0.1) is 5.41 Å². The lowest BCUT2D eigenvalue weighted by atomic mass is 9.89. The van der Waals surface area contributed by atoms with Crippen LogP contribution in [0.3, 0.4) is 0 Å². The molecule has 0 aromatic carbocycles. The monoisotopic (exact) mass is 147 g/mol. The third-order valence-corrected chi connectivity index (χ3v) is 2.42. The summed E-state index contributed by atoms with van der Waals surface area (Å²) in [4.78, 5) is 10.7. The molecule has 1 atom stereocenters. The Bertz CT molecular complexity index is 110. The van der Waals surface area contributed by atoms with Crippen molar-refractivity contribution in [3.05, 3.63) is 0 Å². The molecule has 0 aliphatic heterocycles. The number of rotatable bonds is 3. The van der Waals surface area contributed by atoms with Gasteiger partial charge in [0.25, 0.3) is 0 Å². The topological polar surface area (TPSA) is 43.1 Å². The maximum Gasteiger partial charge on any atom is 0.224 e. The Kier molecular flexibility index (Phi) is 3.04. The number of amides is 1. The first-order chi connectivity index (χ1) is 4.06. The molecule has 1 unspecified atom stereocenters. The molecule has 9 heavy (non-hydrogen) atoms. The number of thiol groups is 1. The summed E-state index contributed by atoms with van der Waals surface area (Å²) in [5.74, 6) is 0.263. The quantitative estimate of drug-likeness (QED) is 0.570. The lowest BCUT2D eigenvalue weighted by Crippen LogP contribution is -2.35. The van der Waals surface area contributed by atoms with Gasteiger partial charge in [0.1, 0.15) is 0 Å². The summed E-state index contributed by atoms with van der Waals surface area (Å²) in [6, 6.07) is 0. The SMILES string of the molecule is CCC(C)(CS)C(N)=O. The van der Waals surface area contributed by atoms with E-state index in [1.165, 1.54) is 0 Å². The fourth-order valence-corrected chi connectivity index (χ4v) is 0.743. The average Bonchev–Trinajstić information content (AvgIpc) is 1.86. The van der Waals surface area contributed by atoms with Gasteiger partial charge >= 0.3 is 0 Å². The van der Waals surface area contributed by atoms with Gasteiger partial charge in [0.15, 0.2) is 0 Å². The molecular formula is C6H13NOS. The minimum absolute atomic E-state index is 0.264. The molecule has 0 radical (unpaired) electrons. The molecule has 0 spiro atoms. The van der Waals surface area contributed by atoms with Crippen LogP contribution in [0.2, 0.25) is 0 Å². The second kappa shape index (κ2) is 3.11. The molecule has 0 aliphatic carbocycles. The van der Waals surface area contributed by atoms with E-state index in [1.807, 2.05) is 13.8 Å². The van der Waals surface area contributed by atoms with Crippen LogP contribution in [0.5, 0.6) is 0 Å². The molecule has 0 heterocycles. The summed E-state index contributed by atoms with van der Waals surface area (Å²) in [6.07, 6.45) is 0.756. The van der Waals surface area contributed by atoms with Crippen molar-refractivity contribution in [2.24, 2.45) is 11.1 Å². The Balaban J connectivity index is 4.09. The molecule has 2 N–H and O–H groups in total. The number of carbonyl (C=O) groups excluding carboxylic acids is 1. The molecule has 0 aromatic rings. The largest absolute Gasteiger partial charge is 0.369 e. The zero-order valence-corrected chi connectivity index (χ0v) is 6.74. The number of carbonyl (C=O) groups is 1. The maximum absolute atomic E-state index is 10.7. The van der Waals surface area contributed by atoms with E-state index < -0.39 is 5.41 Å². The number of hydrogen-bond donors (Lipinski definition) is 2. The van der Waals surface area contributed by atoms with Crippen LogP contribution in [-0.4, -0.2) is 11.7 Å². The summed E-state index contributed by atoms with van der Waals surface area (Å²) < 4.78 is 0. The van der Waals surface area contributed by atoms with Crippen molar-refractivity contribution in [3.63, 3.8) is 0 Å². The summed E-state index contributed by atoms with van der Waals surface area (Å²) >= 11 is 4.02. The second-order valence-corrected chi connectivity index (χ2v) is 2.75. The standard InChI is InChI=1S/C6H13NOS/c1-3-6(2,4-9)5(7)8/h9H,3-4H2,1-2H3,(H2,7,8). The molecule has 0 bridgehead atoms. The summed E-state index contributed by atoms with van der Waals surface area (Å²) in [5, 5.41) is 0. The lowest BCUT2D eigenvalue weighted by Gasteiger charge is -2.20. The number of primary amides is 1. The van der Waals surface area contributed by atoms with Crippen molar-refractivity contribution in [1.82, 2.24) is 0 Å². The highest BCUT2D eigenvalue weighted by Gasteiger charge is 2.26. The Hall–Kier alpha value is -0.180. The van der Waals surface area contributed by atoms with Gasteiger partial charge in [-0.3, -0.25) is 4.79 Å². The summed E-state index contributed by atoms with van der Waals surface area (Å²) in [6.45, 7) is 3.75. The fourth-order valence-electron chi connectivity index (χ4n) is 0.364. The van der Waals surface area contributed by atoms with Gasteiger partial charge in [0.2, 0.25) is 5.91 Å². The van der Waals surface area contributed by atoms with Crippen LogP contribution in [0.4, 0.5) is 0 Å². The van der Waals surface area contributed by atoms with Gasteiger partial charge in [0.05, 0.1) is 5.41 Å². The van der Waals surface area contributed by atoms with Crippen molar-refractivity contribution in [1.29, 1.82) is 0 Å². The summed E-state index contributed by atoms with van der Waals surface area (Å²) in [5.41, 5.74) is 4.69. The van der Waals surface area contributed by atoms with Crippen LogP contribution in [0.25, 0.3) is 0 Å². The predicted molar refractivity (Wildman–Crippen MR) is 41.4 cm³/mol. The zero-order valence-electron chi connectivity index (χ0n) is 5.85. The molecule has 54 valence electrons. The first kappa shape index (κ1) is 8.82. The molecule has 0 rings (SSSR count). The normalized spacial score (nSPS) is 16.8. The Morgan fingerprint density at radius 3 is 2.22 bits per heavy atom. The molecule has 0 saturated carbocycles. The van der Waals surface area contributed by atoms with Crippen LogP contribution in [-0.2, 0) is 4.79 Å². The van der Waals surface area contributed by atoms with Gasteiger partial charge in [-0.25, -0.2) is 0 Å². The van der Waals surface area contributed by atoms with Gasteiger partial charge in [-0.05, 0) is 13.3 Å². The van der Waals surface area contributed by atoms with Crippen molar-refractivity contribution >= 4 is 18.5 Å². The predicted octanol–water partition coefficient (Wildman–Crippen LogP) is 0.818. The Morgan fingerprint density at radius 2 is 2.22 bits per heavy atom. The summed E-state index contributed by atoms with van der Waals surface area (Å²) in [7, 11) is 0. The second-order valence-electron chi connectivity index (χ2n) is 2.44. The van der Waals surface area contributed by atoms with E-state index in [4.69, 9.17) is 5.73 Å².